The van der Waals surface area contributed by atoms with E-state index in [1.165, 1.54) is 19.3 Å². The van der Waals surface area contributed by atoms with Gasteiger partial charge in [0.15, 0.2) is 0 Å². The number of alkyl halides is 3. The number of anilines is 3. The summed E-state index contributed by atoms with van der Waals surface area (Å²) in [7, 11) is 0. The summed E-state index contributed by atoms with van der Waals surface area (Å²) in [6, 6.07) is 2.49. The minimum atomic E-state index is -4.65. The summed E-state index contributed by atoms with van der Waals surface area (Å²) in [4.78, 5) is 24.2. The van der Waals surface area contributed by atoms with Crippen molar-refractivity contribution >= 4 is 23.2 Å². The maximum absolute atomic E-state index is 14.8. The lowest BCUT2D eigenvalue weighted by molar-refractivity contribution is -0.138. The quantitative estimate of drug-likeness (QED) is 0.324. The molecular formula is C24H20F5N7O. The molecule has 1 aromatic carbocycles. The fourth-order valence-corrected chi connectivity index (χ4v) is 3.47. The molecule has 3 heterocycles. The summed E-state index contributed by atoms with van der Waals surface area (Å²) in [5, 5.41) is 9.29. The number of halogens is 5. The van der Waals surface area contributed by atoms with E-state index in [9.17, 15) is 26.7 Å². The van der Waals surface area contributed by atoms with Crippen LogP contribution in [0.3, 0.4) is 0 Å². The number of hydrogen-bond acceptors (Lipinski definition) is 6. The number of carbonyl (C=O) groups is 1. The third-order valence-electron chi connectivity index (χ3n) is 5.34. The van der Waals surface area contributed by atoms with Crippen LogP contribution in [0.4, 0.5) is 39.3 Å². The molecular weight excluding hydrogens is 497 g/mol. The summed E-state index contributed by atoms with van der Waals surface area (Å²) in [5.74, 6) is -2.31. The van der Waals surface area contributed by atoms with Gasteiger partial charge in [-0.1, -0.05) is 0 Å². The Bertz CT molecular complexity index is 1430. The molecule has 0 spiro atoms. The molecule has 0 unspecified atom stereocenters. The van der Waals surface area contributed by atoms with Crippen molar-refractivity contribution < 1.29 is 26.7 Å². The van der Waals surface area contributed by atoms with Crippen LogP contribution >= 0.6 is 0 Å². The van der Waals surface area contributed by atoms with Crippen LogP contribution < -0.4 is 10.6 Å². The molecule has 0 radical (unpaired) electrons. The van der Waals surface area contributed by atoms with E-state index in [1.807, 2.05) is 6.92 Å². The van der Waals surface area contributed by atoms with E-state index in [0.29, 0.717) is 12.2 Å². The van der Waals surface area contributed by atoms with E-state index in [1.54, 1.807) is 17.1 Å². The molecule has 4 rings (SSSR count). The maximum Gasteiger partial charge on any atom is 0.418 e. The van der Waals surface area contributed by atoms with Crippen LogP contribution in [0.15, 0.2) is 49.2 Å². The van der Waals surface area contributed by atoms with Crippen LogP contribution in [0.1, 0.15) is 23.7 Å². The smallest absolute Gasteiger partial charge is 0.324 e. The highest BCUT2D eigenvalue weighted by molar-refractivity contribution is 5.92. The van der Waals surface area contributed by atoms with E-state index in [-0.39, 0.29) is 34.0 Å². The Kier molecular flexibility index (Phi) is 7.14. The number of carbonyl (C=O) groups excluding carboxylic acids is 1. The van der Waals surface area contributed by atoms with Gasteiger partial charge in [-0.3, -0.25) is 14.5 Å². The number of pyridine rings is 1. The molecule has 1 amide bonds. The van der Waals surface area contributed by atoms with Crippen molar-refractivity contribution in [2.24, 2.45) is 0 Å². The molecule has 0 fully saturated rings. The van der Waals surface area contributed by atoms with Gasteiger partial charge in [0.2, 0.25) is 11.9 Å². The van der Waals surface area contributed by atoms with E-state index in [4.69, 9.17) is 0 Å². The van der Waals surface area contributed by atoms with Gasteiger partial charge in [-0.2, -0.15) is 18.3 Å². The fraction of sp³-hybridized carbons (Fsp3) is 0.208. The molecule has 0 aliphatic heterocycles. The number of amides is 1. The maximum atomic E-state index is 14.8. The monoisotopic (exact) mass is 517 g/mol. The summed E-state index contributed by atoms with van der Waals surface area (Å²) in [6.07, 6.45) is 1.76. The molecule has 8 nitrogen and oxygen atoms in total. The summed E-state index contributed by atoms with van der Waals surface area (Å²) >= 11 is 0. The Morgan fingerprint density at radius 1 is 0.973 bits per heavy atom. The Morgan fingerprint density at radius 2 is 1.70 bits per heavy atom. The second-order valence-corrected chi connectivity index (χ2v) is 8.01. The van der Waals surface area contributed by atoms with Crippen molar-refractivity contribution in [3.63, 3.8) is 0 Å². The predicted octanol–water partition coefficient (Wildman–Crippen LogP) is 5.29. The van der Waals surface area contributed by atoms with Crippen molar-refractivity contribution in [2.45, 2.75) is 33.0 Å². The van der Waals surface area contributed by atoms with E-state index >= 15 is 0 Å². The second-order valence-electron chi connectivity index (χ2n) is 8.01. The molecule has 0 saturated heterocycles. The third kappa shape index (κ3) is 6.05. The normalized spacial score (nSPS) is 11.4. The van der Waals surface area contributed by atoms with E-state index < -0.39 is 35.7 Å². The Balaban J connectivity index is 1.46. The van der Waals surface area contributed by atoms with Gasteiger partial charge in [0.1, 0.15) is 11.6 Å². The SMILES string of the molecule is CCn1cc(Nc2ncc(-c3cc(F)c(CC(=O)Nc4cnc(C)c(C(F)(F)F)c4)cc3F)cn2)cn1. The molecule has 0 aliphatic rings. The van der Waals surface area contributed by atoms with E-state index in [0.717, 1.165) is 24.4 Å². The van der Waals surface area contributed by atoms with Crippen LogP contribution in [0.2, 0.25) is 0 Å². The second kappa shape index (κ2) is 10.3. The first-order valence-electron chi connectivity index (χ1n) is 11.0. The van der Waals surface area contributed by atoms with Crippen LogP contribution in [-0.2, 0) is 23.9 Å². The van der Waals surface area contributed by atoms with Gasteiger partial charge < -0.3 is 10.6 Å². The number of aromatic nitrogens is 5. The molecule has 0 atom stereocenters. The molecule has 37 heavy (non-hydrogen) atoms. The van der Waals surface area contributed by atoms with Crippen molar-refractivity contribution in [3.8, 4) is 11.1 Å². The van der Waals surface area contributed by atoms with Crippen molar-refractivity contribution in [1.29, 1.82) is 0 Å². The lowest BCUT2D eigenvalue weighted by Crippen LogP contribution is -2.17. The van der Waals surface area contributed by atoms with Crippen LogP contribution in [-0.4, -0.2) is 30.6 Å². The predicted molar refractivity (Wildman–Crippen MR) is 125 cm³/mol. The van der Waals surface area contributed by atoms with Gasteiger partial charge in [0, 0.05) is 47.5 Å². The van der Waals surface area contributed by atoms with Gasteiger partial charge in [0.05, 0.1) is 35.8 Å². The standard InChI is InChI=1S/C24H20F5N7O/c1-3-36-12-17(11-33-36)35-23-31-8-15(9-32-23)18-7-20(25)14(4-21(18)26)5-22(37)34-16-6-19(24(27,28)29)13(2)30-10-16/h4,6-12H,3,5H2,1-2H3,(H,34,37)(H,31,32,35). The number of hydrogen-bond donors (Lipinski definition) is 2. The molecule has 4 aromatic rings. The minimum absolute atomic E-state index is 0.121. The zero-order valence-electron chi connectivity index (χ0n) is 19.6. The zero-order chi connectivity index (χ0) is 26.7. The van der Waals surface area contributed by atoms with E-state index in [2.05, 4.69) is 30.7 Å². The van der Waals surface area contributed by atoms with Crippen molar-refractivity contribution in [2.75, 3.05) is 10.6 Å². The first kappa shape index (κ1) is 25.7. The molecule has 3 aromatic heterocycles. The first-order chi connectivity index (χ1) is 17.5. The summed E-state index contributed by atoms with van der Waals surface area (Å²) < 4.78 is 70.4. The highest BCUT2D eigenvalue weighted by atomic mass is 19.4. The highest BCUT2D eigenvalue weighted by Crippen LogP contribution is 2.32. The van der Waals surface area contributed by atoms with Crippen molar-refractivity contribution in [1.82, 2.24) is 24.7 Å². The summed E-state index contributed by atoms with van der Waals surface area (Å²) in [5.41, 5.74) is -1.01. The number of benzene rings is 1. The Labute approximate surface area is 207 Å². The largest absolute Gasteiger partial charge is 0.418 e. The van der Waals surface area contributed by atoms with Crippen molar-refractivity contribution in [3.05, 3.63) is 77.6 Å². The van der Waals surface area contributed by atoms with Gasteiger partial charge in [-0.25, -0.2) is 18.7 Å². The fourth-order valence-electron chi connectivity index (χ4n) is 3.47. The van der Waals surface area contributed by atoms with Gasteiger partial charge in [-0.15, -0.1) is 0 Å². The third-order valence-corrected chi connectivity index (χ3v) is 5.34. The van der Waals surface area contributed by atoms with Gasteiger partial charge >= 0.3 is 6.18 Å². The van der Waals surface area contributed by atoms with Crippen LogP contribution in [0.5, 0.6) is 0 Å². The average molecular weight is 517 g/mol. The van der Waals surface area contributed by atoms with Crippen LogP contribution in [0.25, 0.3) is 11.1 Å². The number of rotatable bonds is 7. The molecule has 13 heteroatoms. The lowest BCUT2D eigenvalue weighted by atomic mass is 10.0. The number of aryl methyl sites for hydroxylation is 2. The van der Waals surface area contributed by atoms with Crippen LogP contribution in [0, 0.1) is 18.6 Å². The molecule has 0 saturated carbocycles. The molecule has 0 aliphatic carbocycles. The first-order valence-corrected chi connectivity index (χ1v) is 11.0. The summed E-state index contributed by atoms with van der Waals surface area (Å²) in [6.45, 7) is 3.80. The number of nitrogens with one attached hydrogen (secondary N) is 2. The zero-order valence-corrected chi connectivity index (χ0v) is 19.6. The van der Waals surface area contributed by atoms with Gasteiger partial charge in [0.25, 0.3) is 0 Å². The Morgan fingerprint density at radius 3 is 2.35 bits per heavy atom. The topological polar surface area (TPSA) is 97.6 Å². The highest BCUT2D eigenvalue weighted by Gasteiger charge is 2.33. The Hall–Kier alpha value is -4.42. The van der Waals surface area contributed by atoms with Gasteiger partial charge in [-0.05, 0) is 32.0 Å². The number of nitrogens with zero attached hydrogens (tertiary/aromatic N) is 5. The molecule has 192 valence electrons. The molecule has 0 bridgehead atoms. The minimum Gasteiger partial charge on any atom is -0.324 e. The average Bonchev–Trinajstić information content (AvgIpc) is 3.30. The lowest BCUT2D eigenvalue weighted by Gasteiger charge is -2.12. The molecule has 2 N–H and O–H groups in total.